The molecule has 0 atom stereocenters. The van der Waals surface area contributed by atoms with Gasteiger partial charge in [0, 0.05) is 24.8 Å². The molecule has 25 heavy (non-hydrogen) atoms. The van der Waals surface area contributed by atoms with Crippen molar-refractivity contribution >= 4 is 46.6 Å². The molecule has 1 aromatic carbocycles. The van der Waals surface area contributed by atoms with Crippen molar-refractivity contribution in [3.63, 3.8) is 0 Å². The number of aromatic nitrogens is 2. The smallest absolute Gasteiger partial charge is 0.324 e. The molecule has 132 valence electrons. The van der Waals surface area contributed by atoms with Crippen LogP contribution in [0.25, 0.3) is 0 Å². The Morgan fingerprint density at radius 3 is 2.60 bits per heavy atom. The van der Waals surface area contributed by atoms with E-state index in [4.69, 9.17) is 23.2 Å². The molecular formula is C17H19Cl2N5O. The summed E-state index contributed by atoms with van der Waals surface area (Å²) < 4.78 is 0. The van der Waals surface area contributed by atoms with Crippen LogP contribution in [0.1, 0.15) is 19.8 Å². The predicted octanol–water partition coefficient (Wildman–Crippen LogP) is 4.66. The normalized spacial score (nSPS) is 15.1. The molecular weight excluding hydrogens is 361 g/mol. The monoisotopic (exact) mass is 379 g/mol. The van der Waals surface area contributed by atoms with E-state index >= 15 is 0 Å². The van der Waals surface area contributed by atoms with Gasteiger partial charge in [0.2, 0.25) is 0 Å². The molecule has 0 saturated carbocycles. The van der Waals surface area contributed by atoms with Crippen LogP contribution in [0.15, 0.2) is 30.6 Å². The van der Waals surface area contributed by atoms with Gasteiger partial charge in [-0.15, -0.1) is 0 Å². The molecule has 1 aromatic heterocycles. The number of rotatable bonds is 3. The molecule has 1 aliphatic rings. The van der Waals surface area contributed by atoms with Crippen LogP contribution in [0, 0.1) is 5.92 Å². The molecule has 1 saturated heterocycles. The molecule has 3 rings (SSSR count). The molecule has 8 heteroatoms. The van der Waals surface area contributed by atoms with E-state index < -0.39 is 6.03 Å². The molecule has 0 unspecified atom stereocenters. The maximum Gasteiger partial charge on any atom is 0.324 e. The van der Waals surface area contributed by atoms with Crippen LogP contribution in [-0.2, 0) is 0 Å². The third-order valence-corrected chi connectivity index (χ3v) is 4.92. The fourth-order valence-corrected chi connectivity index (χ4v) is 2.98. The third-order valence-electron chi connectivity index (χ3n) is 4.18. The summed E-state index contributed by atoms with van der Waals surface area (Å²) in [6.07, 6.45) is 3.75. The molecule has 0 spiro atoms. The molecule has 2 heterocycles. The van der Waals surface area contributed by atoms with Crippen molar-refractivity contribution in [2.45, 2.75) is 19.8 Å². The SMILES string of the molecule is CC1CCN(c2cc(NC(=O)Nc3ccc(Cl)c(Cl)c3)ncn2)CC1. The van der Waals surface area contributed by atoms with E-state index in [1.807, 2.05) is 0 Å². The lowest BCUT2D eigenvalue weighted by Crippen LogP contribution is -2.33. The standard InChI is InChI=1S/C17H19Cl2N5O/c1-11-4-6-24(7-5-11)16-9-15(20-10-21-16)23-17(25)22-12-2-3-13(18)14(19)8-12/h2-3,8-11H,4-7H2,1H3,(H2,20,21,22,23,25). The Labute approximate surface area is 156 Å². The second kappa shape index (κ2) is 7.89. The van der Waals surface area contributed by atoms with E-state index in [0.29, 0.717) is 21.6 Å². The number of halogens is 2. The number of benzene rings is 1. The molecule has 2 N–H and O–H groups in total. The lowest BCUT2D eigenvalue weighted by Gasteiger charge is -2.31. The number of piperidine rings is 1. The fraction of sp³-hybridized carbons (Fsp3) is 0.353. The summed E-state index contributed by atoms with van der Waals surface area (Å²) in [6.45, 7) is 4.19. The minimum atomic E-state index is -0.407. The molecule has 0 bridgehead atoms. The summed E-state index contributed by atoms with van der Waals surface area (Å²) in [6, 6.07) is 6.26. The van der Waals surface area contributed by atoms with Crippen molar-refractivity contribution in [3.8, 4) is 0 Å². The van der Waals surface area contributed by atoms with Crippen molar-refractivity contribution in [1.82, 2.24) is 9.97 Å². The number of nitrogens with one attached hydrogen (secondary N) is 2. The number of nitrogens with zero attached hydrogens (tertiary/aromatic N) is 3. The van der Waals surface area contributed by atoms with Gasteiger partial charge in [-0.2, -0.15) is 0 Å². The van der Waals surface area contributed by atoms with Gasteiger partial charge in [-0.3, -0.25) is 5.32 Å². The highest BCUT2D eigenvalue weighted by Crippen LogP contribution is 2.25. The van der Waals surface area contributed by atoms with Gasteiger partial charge in [-0.25, -0.2) is 14.8 Å². The zero-order valence-electron chi connectivity index (χ0n) is 13.8. The lowest BCUT2D eigenvalue weighted by molar-refractivity contribution is 0.262. The quantitative estimate of drug-likeness (QED) is 0.812. The summed E-state index contributed by atoms with van der Waals surface area (Å²) in [5.74, 6) is 2.01. The van der Waals surface area contributed by atoms with Crippen LogP contribution in [0.5, 0.6) is 0 Å². The van der Waals surface area contributed by atoms with Crippen LogP contribution < -0.4 is 15.5 Å². The Morgan fingerprint density at radius 2 is 1.88 bits per heavy atom. The summed E-state index contributed by atoms with van der Waals surface area (Å²) in [7, 11) is 0. The zero-order valence-corrected chi connectivity index (χ0v) is 15.3. The first kappa shape index (κ1) is 17.8. The van der Waals surface area contributed by atoms with Gasteiger partial charge in [0.25, 0.3) is 0 Å². The number of anilines is 3. The number of hydrogen-bond acceptors (Lipinski definition) is 4. The first-order valence-corrected chi connectivity index (χ1v) is 8.87. The Balaban J connectivity index is 1.63. The molecule has 2 amide bonds. The number of amides is 2. The predicted molar refractivity (Wildman–Crippen MR) is 102 cm³/mol. The fourth-order valence-electron chi connectivity index (χ4n) is 2.68. The Kier molecular flexibility index (Phi) is 5.60. The molecule has 0 radical (unpaired) electrons. The van der Waals surface area contributed by atoms with E-state index in [-0.39, 0.29) is 0 Å². The average molecular weight is 380 g/mol. The minimum Gasteiger partial charge on any atom is -0.356 e. The number of carbonyl (C=O) groups is 1. The van der Waals surface area contributed by atoms with Crippen LogP contribution in [0.4, 0.5) is 22.1 Å². The number of urea groups is 1. The highest BCUT2D eigenvalue weighted by molar-refractivity contribution is 6.42. The van der Waals surface area contributed by atoms with Gasteiger partial charge in [-0.1, -0.05) is 30.1 Å². The van der Waals surface area contributed by atoms with Crippen LogP contribution in [0.3, 0.4) is 0 Å². The van der Waals surface area contributed by atoms with E-state index in [1.165, 1.54) is 6.33 Å². The van der Waals surface area contributed by atoms with Crippen molar-refractivity contribution in [2.24, 2.45) is 5.92 Å². The van der Waals surface area contributed by atoms with Crippen molar-refractivity contribution in [3.05, 3.63) is 40.6 Å². The van der Waals surface area contributed by atoms with E-state index in [2.05, 4.69) is 32.4 Å². The number of carbonyl (C=O) groups excluding carboxylic acids is 1. The molecule has 1 fully saturated rings. The maximum absolute atomic E-state index is 12.1. The molecule has 6 nitrogen and oxygen atoms in total. The molecule has 0 aliphatic carbocycles. The second-order valence-electron chi connectivity index (χ2n) is 6.14. The van der Waals surface area contributed by atoms with Crippen molar-refractivity contribution in [2.75, 3.05) is 28.6 Å². The highest BCUT2D eigenvalue weighted by atomic mass is 35.5. The van der Waals surface area contributed by atoms with E-state index in [9.17, 15) is 4.79 Å². The van der Waals surface area contributed by atoms with Crippen LogP contribution >= 0.6 is 23.2 Å². The molecule has 2 aromatic rings. The van der Waals surface area contributed by atoms with Gasteiger partial charge in [0.15, 0.2) is 0 Å². The topological polar surface area (TPSA) is 70.2 Å². The van der Waals surface area contributed by atoms with Gasteiger partial charge in [-0.05, 0) is 37.0 Å². The van der Waals surface area contributed by atoms with Gasteiger partial charge < -0.3 is 10.2 Å². The lowest BCUT2D eigenvalue weighted by atomic mass is 9.99. The maximum atomic E-state index is 12.1. The third kappa shape index (κ3) is 4.74. The Bertz CT molecular complexity index is 762. The van der Waals surface area contributed by atoms with Gasteiger partial charge >= 0.3 is 6.03 Å². The first-order valence-electron chi connectivity index (χ1n) is 8.11. The average Bonchev–Trinajstić information content (AvgIpc) is 2.59. The van der Waals surface area contributed by atoms with Crippen LogP contribution in [0.2, 0.25) is 10.0 Å². The Hall–Kier alpha value is -2.05. The largest absolute Gasteiger partial charge is 0.356 e. The second-order valence-corrected chi connectivity index (χ2v) is 6.95. The van der Waals surface area contributed by atoms with Crippen molar-refractivity contribution in [1.29, 1.82) is 0 Å². The molecule has 1 aliphatic heterocycles. The van der Waals surface area contributed by atoms with Crippen LogP contribution in [-0.4, -0.2) is 29.1 Å². The zero-order chi connectivity index (χ0) is 17.8. The highest BCUT2D eigenvalue weighted by Gasteiger charge is 2.17. The van der Waals surface area contributed by atoms with E-state index in [0.717, 1.165) is 37.7 Å². The Morgan fingerprint density at radius 1 is 1.12 bits per heavy atom. The summed E-state index contributed by atoms with van der Waals surface area (Å²) in [5, 5.41) is 6.22. The number of hydrogen-bond donors (Lipinski definition) is 2. The van der Waals surface area contributed by atoms with E-state index in [1.54, 1.807) is 24.3 Å². The summed E-state index contributed by atoms with van der Waals surface area (Å²) in [5.41, 5.74) is 0.547. The summed E-state index contributed by atoms with van der Waals surface area (Å²) >= 11 is 11.8. The summed E-state index contributed by atoms with van der Waals surface area (Å²) in [4.78, 5) is 22.8. The van der Waals surface area contributed by atoms with Crippen molar-refractivity contribution < 1.29 is 4.79 Å². The van der Waals surface area contributed by atoms with Gasteiger partial charge in [0.05, 0.1) is 10.0 Å². The van der Waals surface area contributed by atoms with Gasteiger partial charge in [0.1, 0.15) is 18.0 Å². The first-order chi connectivity index (χ1) is 12.0. The minimum absolute atomic E-state index is 0.378.